The molecule has 70 valence electrons. The summed E-state index contributed by atoms with van der Waals surface area (Å²) in [5.74, 6) is 0.993. The first-order chi connectivity index (χ1) is 5.72. The molecule has 2 atom stereocenters. The normalized spacial score (nSPS) is 37.0. The fourth-order valence-corrected chi connectivity index (χ4v) is 2.62. The third-order valence-corrected chi connectivity index (χ3v) is 3.46. The molecule has 2 unspecified atom stereocenters. The van der Waals surface area contributed by atoms with Crippen LogP contribution in [0, 0.1) is 5.92 Å². The van der Waals surface area contributed by atoms with Gasteiger partial charge in [0.15, 0.2) is 0 Å². The monoisotopic (exact) mass is 168 g/mol. The van der Waals surface area contributed by atoms with Crippen molar-refractivity contribution < 1.29 is 0 Å². The van der Waals surface area contributed by atoms with Gasteiger partial charge in [-0.25, -0.2) is 0 Å². The van der Waals surface area contributed by atoms with Crippen LogP contribution in [0.2, 0.25) is 0 Å². The van der Waals surface area contributed by atoms with Gasteiger partial charge in [-0.2, -0.15) is 0 Å². The Labute approximate surface area is 75.5 Å². The van der Waals surface area contributed by atoms with Gasteiger partial charge in [0.25, 0.3) is 0 Å². The topological polar surface area (TPSA) is 6.48 Å². The zero-order valence-corrected chi connectivity index (χ0v) is 8.45. The van der Waals surface area contributed by atoms with Gasteiger partial charge in [-0.1, -0.05) is 6.92 Å². The van der Waals surface area contributed by atoms with Gasteiger partial charge < -0.3 is 4.90 Å². The molecule has 2 rings (SSSR count). The molecule has 0 aromatic heterocycles. The summed E-state index contributed by atoms with van der Waals surface area (Å²) in [6.07, 6.45) is 0. The zero-order chi connectivity index (χ0) is 8.72. The van der Waals surface area contributed by atoms with Crippen molar-refractivity contribution in [2.45, 2.75) is 32.9 Å². The Kier molecular flexibility index (Phi) is 2.13. The second kappa shape index (κ2) is 3.00. The summed E-state index contributed by atoms with van der Waals surface area (Å²) >= 11 is 0. The summed E-state index contributed by atoms with van der Waals surface area (Å²) in [5.41, 5.74) is 0. The van der Waals surface area contributed by atoms with Gasteiger partial charge in [-0.15, -0.1) is 0 Å². The molecule has 0 saturated carbocycles. The van der Waals surface area contributed by atoms with E-state index in [9.17, 15) is 0 Å². The van der Waals surface area contributed by atoms with E-state index < -0.39 is 0 Å². The van der Waals surface area contributed by atoms with Crippen LogP contribution in [0.3, 0.4) is 0 Å². The summed E-state index contributed by atoms with van der Waals surface area (Å²) in [6.45, 7) is 12.1. The average Bonchev–Trinajstić information content (AvgIpc) is 2.29. The molecule has 2 heterocycles. The van der Waals surface area contributed by atoms with Crippen LogP contribution in [0.25, 0.3) is 0 Å². The second-order valence-electron chi connectivity index (χ2n) is 4.47. The van der Waals surface area contributed by atoms with Gasteiger partial charge in [-0.3, -0.25) is 4.90 Å². The smallest absolute Gasteiger partial charge is 0.0278 e. The summed E-state index contributed by atoms with van der Waals surface area (Å²) in [4.78, 5) is 5.22. The van der Waals surface area contributed by atoms with E-state index in [4.69, 9.17) is 0 Å². The highest BCUT2D eigenvalue weighted by Gasteiger charge is 2.45. The van der Waals surface area contributed by atoms with E-state index >= 15 is 0 Å². The van der Waals surface area contributed by atoms with E-state index in [1.807, 2.05) is 0 Å². The molecule has 2 aliphatic heterocycles. The zero-order valence-electron chi connectivity index (χ0n) is 8.45. The first kappa shape index (κ1) is 8.52. The Balaban J connectivity index is 1.90. The molecule has 2 saturated heterocycles. The van der Waals surface area contributed by atoms with Crippen LogP contribution in [0.15, 0.2) is 0 Å². The van der Waals surface area contributed by atoms with Crippen LogP contribution in [0.5, 0.6) is 0 Å². The highest BCUT2D eigenvalue weighted by atomic mass is 15.3. The highest BCUT2D eigenvalue weighted by Crippen LogP contribution is 2.33. The molecule has 0 N–H and O–H groups in total. The van der Waals surface area contributed by atoms with Crippen LogP contribution in [0.1, 0.15) is 20.8 Å². The number of fused-ring (bicyclic) bond motifs is 1. The molecular weight excluding hydrogens is 148 g/mol. The minimum Gasteiger partial charge on any atom is -0.302 e. The lowest BCUT2D eigenvalue weighted by atomic mass is 9.90. The Hall–Kier alpha value is -0.0800. The van der Waals surface area contributed by atoms with Crippen molar-refractivity contribution in [3.8, 4) is 0 Å². The Bertz CT molecular complexity index is 167. The van der Waals surface area contributed by atoms with Crippen LogP contribution >= 0.6 is 0 Å². The largest absolute Gasteiger partial charge is 0.302 e. The summed E-state index contributed by atoms with van der Waals surface area (Å²) in [7, 11) is 0. The molecule has 12 heavy (non-hydrogen) atoms. The van der Waals surface area contributed by atoms with E-state index in [0.717, 1.165) is 18.0 Å². The van der Waals surface area contributed by atoms with Crippen molar-refractivity contribution in [1.82, 2.24) is 9.80 Å². The molecule has 0 aliphatic carbocycles. The maximum Gasteiger partial charge on any atom is 0.0278 e. The van der Waals surface area contributed by atoms with E-state index in [0.29, 0.717) is 0 Å². The van der Waals surface area contributed by atoms with Crippen molar-refractivity contribution in [3.05, 3.63) is 0 Å². The number of nitrogens with zero attached hydrogens (tertiary/aromatic N) is 2. The fourth-order valence-electron chi connectivity index (χ4n) is 2.62. The van der Waals surface area contributed by atoms with Crippen LogP contribution < -0.4 is 0 Å². The van der Waals surface area contributed by atoms with E-state index in [-0.39, 0.29) is 0 Å². The standard InChI is InChI=1S/C10H20N2/c1-4-11-5-9-6-12(8(2)3)10(9)7-11/h8-10H,4-7H2,1-3H3. The number of hydrogen-bond donors (Lipinski definition) is 0. The fraction of sp³-hybridized carbons (Fsp3) is 1.00. The van der Waals surface area contributed by atoms with Crippen molar-refractivity contribution in [3.63, 3.8) is 0 Å². The maximum atomic E-state index is 2.64. The number of rotatable bonds is 2. The molecule has 2 heteroatoms. The Morgan fingerprint density at radius 3 is 2.58 bits per heavy atom. The first-order valence-corrected chi connectivity index (χ1v) is 5.20. The molecule has 2 nitrogen and oxygen atoms in total. The molecule has 0 spiro atoms. The quantitative estimate of drug-likeness (QED) is 0.607. The van der Waals surface area contributed by atoms with Gasteiger partial charge in [0.05, 0.1) is 0 Å². The van der Waals surface area contributed by atoms with Crippen LogP contribution in [0.4, 0.5) is 0 Å². The minimum absolute atomic E-state index is 0.753. The lowest BCUT2D eigenvalue weighted by Crippen LogP contribution is -2.58. The van der Waals surface area contributed by atoms with Crippen molar-refractivity contribution in [2.24, 2.45) is 5.92 Å². The lowest BCUT2D eigenvalue weighted by molar-refractivity contribution is 0.0216. The second-order valence-corrected chi connectivity index (χ2v) is 4.47. The number of likely N-dealkylation sites (tertiary alicyclic amines) is 2. The van der Waals surface area contributed by atoms with E-state index in [1.54, 1.807) is 0 Å². The third kappa shape index (κ3) is 1.17. The Morgan fingerprint density at radius 1 is 1.25 bits per heavy atom. The molecule has 0 amide bonds. The van der Waals surface area contributed by atoms with E-state index in [2.05, 4.69) is 30.6 Å². The van der Waals surface area contributed by atoms with Gasteiger partial charge in [-0.05, 0) is 20.4 Å². The van der Waals surface area contributed by atoms with Gasteiger partial charge >= 0.3 is 0 Å². The lowest BCUT2D eigenvalue weighted by Gasteiger charge is -2.46. The molecule has 0 aromatic carbocycles. The molecule has 0 bridgehead atoms. The number of likely N-dealkylation sites (N-methyl/N-ethyl adjacent to an activating group) is 1. The van der Waals surface area contributed by atoms with Gasteiger partial charge in [0.1, 0.15) is 0 Å². The summed E-state index contributed by atoms with van der Waals surface area (Å²) in [6, 6.07) is 1.65. The predicted octanol–water partition coefficient (Wildman–Crippen LogP) is 1.03. The summed E-state index contributed by atoms with van der Waals surface area (Å²) < 4.78 is 0. The average molecular weight is 168 g/mol. The first-order valence-electron chi connectivity index (χ1n) is 5.20. The predicted molar refractivity (Wildman–Crippen MR) is 51.2 cm³/mol. The van der Waals surface area contributed by atoms with Crippen molar-refractivity contribution in [1.29, 1.82) is 0 Å². The summed E-state index contributed by atoms with van der Waals surface area (Å²) in [5, 5.41) is 0. The van der Waals surface area contributed by atoms with Crippen LogP contribution in [-0.4, -0.2) is 48.1 Å². The maximum absolute atomic E-state index is 2.64. The molecular formula is C10H20N2. The van der Waals surface area contributed by atoms with Gasteiger partial charge in [0, 0.05) is 37.6 Å². The minimum atomic E-state index is 0.753. The third-order valence-electron chi connectivity index (χ3n) is 3.46. The molecule has 0 aromatic rings. The van der Waals surface area contributed by atoms with Crippen LogP contribution in [-0.2, 0) is 0 Å². The highest BCUT2D eigenvalue weighted by molar-refractivity contribution is 5.00. The Morgan fingerprint density at radius 2 is 2.00 bits per heavy atom. The number of hydrogen-bond acceptors (Lipinski definition) is 2. The van der Waals surface area contributed by atoms with Crippen molar-refractivity contribution in [2.75, 3.05) is 26.2 Å². The molecule has 2 fully saturated rings. The SMILES string of the molecule is CCN1CC2CN(C(C)C)C2C1. The van der Waals surface area contributed by atoms with E-state index in [1.165, 1.54) is 26.2 Å². The van der Waals surface area contributed by atoms with Crippen molar-refractivity contribution >= 4 is 0 Å². The molecule has 2 aliphatic rings. The molecule has 0 radical (unpaired) electrons. The van der Waals surface area contributed by atoms with Gasteiger partial charge in [0.2, 0.25) is 0 Å².